The zero-order chi connectivity index (χ0) is 9.97. The third-order valence-corrected chi connectivity index (χ3v) is 2.36. The zero-order valence-corrected chi connectivity index (χ0v) is 9.16. The van der Waals surface area contributed by atoms with Crippen molar-refractivity contribution < 1.29 is 5.11 Å². The van der Waals surface area contributed by atoms with Crippen LogP contribution in [0.15, 0.2) is 36.8 Å². The van der Waals surface area contributed by atoms with E-state index < -0.39 is 0 Å². The summed E-state index contributed by atoms with van der Waals surface area (Å²) < 4.78 is 0. The van der Waals surface area contributed by atoms with Crippen LogP contribution in [-0.2, 0) is 0 Å². The van der Waals surface area contributed by atoms with Gasteiger partial charge in [-0.3, -0.25) is 0 Å². The fourth-order valence-electron chi connectivity index (χ4n) is 1.48. The number of imidazole rings is 1. The summed E-state index contributed by atoms with van der Waals surface area (Å²) >= 11 is 0. The van der Waals surface area contributed by atoms with Crippen LogP contribution in [0.4, 0.5) is 0 Å². The number of nitrogens with one attached hydrogen (secondary N) is 1. The number of nitrogens with zero attached hydrogens (tertiary/aromatic N) is 1. The lowest BCUT2D eigenvalue weighted by molar-refractivity contribution is 0.474. The molecule has 0 spiro atoms. The van der Waals surface area contributed by atoms with Crippen molar-refractivity contribution in [2.75, 3.05) is 0 Å². The van der Waals surface area contributed by atoms with E-state index in [4.69, 9.17) is 0 Å². The maximum atomic E-state index is 9.33. The molecule has 2 aromatic rings. The molecule has 0 radical (unpaired) electrons. The highest BCUT2D eigenvalue weighted by Crippen LogP contribution is 2.24. The normalized spacial score (nSPS) is 11.8. The van der Waals surface area contributed by atoms with Crippen LogP contribution in [0, 0.1) is 0 Å². The van der Waals surface area contributed by atoms with Gasteiger partial charge in [0.15, 0.2) is 0 Å². The highest BCUT2D eigenvalue weighted by atomic mass is 35.5. The fourth-order valence-corrected chi connectivity index (χ4v) is 1.48. The first kappa shape index (κ1) is 11.6. The van der Waals surface area contributed by atoms with Gasteiger partial charge in [0.2, 0.25) is 0 Å². The van der Waals surface area contributed by atoms with E-state index in [9.17, 15) is 5.11 Å². The standard InChI is InChI=1S/C11H12N2O.ClH/c1-8(11-6-12-7-13-11)9-3-2-4-10(14)5-9;/h2-8,14H,1H3,(H,12,13);1H. The summed E-state index contributed by atoms with van der Waals surface area (Å²) in [7, 11) is 0. The summed E-state index contributed by atoms with van der Waals surface area (Å²) in [5.74, 6) is 0.526. The lowest BCUT2D eigenvalue weighted by Gasteiger charge is -2.09. The van der Waals surface area contributed by atoms with Gasteiger partial charge in [-0.2, -0.15) is 0 Å². The Labute approximate surface area is 94.6 Å². The van der Waals surface area contributed by atoms with Crippen molar-refractivity contribution in [3.05, 3.63) is 48.0 Å². The predicted octanol–water partition coefficient (Wildman–Crippen LogP) is 2.69. The van der Waals surface area contributed by atoms with Gasteiger partial charge in [0.05, 0.1) is 6.33 Å². The van der Waals surface area contributed by atoms with E-state index in [1.165, 1.54) is 0 Å². The van der Waals surface area contributed by atoms with Crippen LogP contribution in [0.1, 0.15) is 24.1 Å². The van der Waals surface area contributed by atoms with Crippen molar-refractivity contribution in [1.82, 2.24) is 9.97 Å². The second kappa shape index (κ2) is 4.84. The van der Waals surface area contributed by atoms with Gasteiger partial charge in [-0.1, -0.05) is 19.1 Å². The summed E-state index contributed by atoms with van der Waals surface area (Å²) in [5.41, 5.74) is 2.13. The molecular weight excluding hydrogens is 212 g/mol. The summed E-state index contributed by atoms with van der Waals surface area (Å²) in [5, 5.41) is 9.33. The highest BCUT2D eigenvalue weighted by Gasteiger charge is 2.09. The van der Waals surface area contributed by atoms with E-state index in [1.807, 2.05) is 12.1 Å². The number of phenols is 1. The molecule has 0 aliphatic carbocycles. The molecule has 1 aromatic carbocycles. The number of benzene rings is 1. The molecular formula is C11H13ClN2O. The lowest BCUT2D eigenvalue weighted by atomic mass is 9.98. The predicted molar refractivity (Wildman–Crippen MR) is 61.5 cm³/mol. The summed E-state index contributed by atoms with van der Waals surface area (Å²) in [4.78, 5) is 7.04. The Morgan fingerprint density at radius 2 is 2.20 bits per heavy atom. The molecule has 1 aromatic heterocycles. The number of rotatable bonds is 2. The summed E-state index contributed by atoms with van der Waals surface area (Å²) in [6.07, 6.45) is 3.46. The Kier molecular flexibility index (Phi) is 3.74. The molecule has 0 aliphatic rings. The topological polar surface area (TPSA) is 48.9 Å². The van der Waals surface area contributed by atoms with E-state index in [0.29, 0.717) is 5.75 Å². The van der Waals surface area contributed by atoms with E-state index >= 15 is 0 Å². The van der Waals surface area contributed by atoms with Crippen LogP contribution >= 0.6 is 12.4 Å². The zero-order valence-electron chi connectivity index (χ0n) is 8.34. The molecule has 1 atom stereocenters. The molecule has 2 N–H and O–H groups in total. The van der Waals surface area contributed by atoms with Crippen LogP contribution in [0.3, 0.4) is 0 Å². The second-order valence-electron chi connectivity index (χ2n) is 3.32. The number of aromatic nitrogens is 2. The molecule has 80 valence electrons. The molecule has 0 aliphatic heterocycles. The molecule has 0 saturated carbocycles. The van der Waals surface area contributed by atoms with E-state index in [2.05, 4.69) is 16.9 Å². The molecule has 1 unspecified atom stereocenters. The molecule has 1 heterocycles. The van der Waals surface area contributed by atoms with Crippen molar-refractivity contribution in [2.24, 2.45) is 0 Å². The van der Waals surface area contributed by atoms with Gasteiger partial charge >= 0.3 is 0 Å². The smallest absolute Gasteiger partial charge is 0.115 e. The molecule has 3 nitrogen and oxygen atoms in total. The highest BCUT2D eigenvalue weighted by molar-refractivity contribution is 5.85. The van der Waals surface area contributed by atoms with Crippen LogP contribution < -0.4 is 0 Å². The SMILES string of the molecule is CC(c1cccc(O)c1)c1cnc[nH]1.Cl. The Bertz CT molecular complexity index is 414. The Hall–Kier alpha value is -1.48. The average Bonchev–Trinajstić information content (AvgIpc) is 2.69. The molecule has 4 heteroatoms. The maximum absolute atomic E-state index is 9.33. The van der Waals surface area contributed by atoms with E-state index in [0.717, 1.165) is 11.3 Å². The maximum Gasteiger partial charge on any atom is 0.115 e. The summed E-state index contributed by atoms with van der Waals surface area (Å²) in [6, 6.07) is 7.28. The first-order valence-electron chi connectivity index (χ1n) is 4.54. The number of halogens is 1. The number of aromatic hydroxyl groups is 1. The minimum absolute atomic E-state index is 0. The average molecular weight is 225 g/mol. The molecule has 2 rings (SSSR count). The first-order valence-corrected chi connectivity index (χ1v) is 4.54. The van der Waals surface area contributed by atoms with Gasteiger partial charge in [0.1, 0.15) is 5.75 Å². The molecule has 0 saturated heterocycles. The Balaban J connectivity index is 0.00000112. The van der Waals surface area contributed by atoms with Gasteiger partial charge < -0.3 is 10.1 Å². The molecule has 0 amide bonds. The van der Waals surface area contributed by atoms with Crippen molar-refractivity contribution in [3.8, 4) is 5.75 Å². The fraction of sp³-hybridized carbons (Fsp3) is 0.182. The lowest BCUT2D eigenvalue weighted by Crippen LogP contribution is -1.95. The first-order chi connectivity index (χ1) is 6.77. The molecule has 15 heavy (non-hydrogen) atoms. The van der Waals surface area contributed by atoms with Gasteiger partial charge in [0, 0.05) is 17.8 Å². The van der Waals surface area contributed by atoms with Crippen molar-refractivity contribution in [1.29, 1.82) is 0 Å². The number of hydrogen-bond donors (Lipinski definition) is 2. The van der Waals surface area contributed by atoms with Gasteiger partial charge in [-0.05, 0) is 17.7 Å². The number of phenolic OH excluding ortho intramolecular Hbond substituents is 1. The second-order valence-corrected chi connectivity index (χ2v) is 3.32. The Morgan fingerprint density at radius 1 is 1.40 bits per heavy atom. The van der Waals surface area contributed by atoms with Crippen molar-refractivity contribution >= 4 is 12.4 Å². The minimum Gasteiger partial charge on any atom is -0.508 e. The Morgan fingerprint density at radius 3 is 2.80 bits per heavy atom. The van der Waals surface area contributed by atoms with Crippen LogP contribution in [-0.4, -0.2) is 15.1 Å². The largest absolute Gasteiger partial charge is 0.508 e. The quantitative estimate of drug-likeness (QED) is 0.824. The van der Waals surface area contributed by atoms with Gasteiger partial charge in [-0.25, -0.2) is 4.98 Å². The third-order valence-electron chi connectivity index (χ3n) is 2.36. The van der Waals surface area contributed by atoms with Gasteiger partial charge in [-0.15, -0.1) is 12.4 Å². The number of H-pyrrole nitrogens is 1. The molecule has 0 bridgehead atoms. The van der Waals surface area contributed by atoms with Crippen LogP contribution in [0.25, 0.3) is 0 Å². The summed E-state index contributed by atoms with van der Waals surface area (Å²) in [6.45, 7) is 2.07. The number of aromatic amines is 1. The minimum atomic E-state index is 0. The third kappa shape index (κ3) is 2.50. The van der Waals surface area contributed by atoms with E-state index in [-0.39, 0.29) is 18.3 Å². The number of hydrogen-bond acceptors (Lipinski definition) is 2. The monoisotopic (exact) mass is 224 g/mol. The van der Waals surface area contributed by atoms with Crippen LogP contribution in [0.2, 0.25) is 0 Å². The van der Waals surface area contributed by atoms with Crippen molar-refractivity contribution in [3.63, 3.8) is 0 Å². The van der Waals surface area contributed by atoms with Gasteiger partial charge in [0.25, 0.3) is 0 Å². The van der Waals surface area contributed by atoms with Crippen LogP contribution in [0.5, 0.6) is 5.75 Å². The van der Waals surface area contributed by atoms with E-state index in [1.54, 1.807) is 24.7 Å². The van der Waals surface area contributed by atoms with Crippen molar-refractivity contribution in [2.45, 2.75) is 12.8 Å². The molecule has 0 fully saturated rings.